The Kier molecular flexibility index (Phi) is 4.38. The van der Waals surface area contributed by atoms with E-state index in [1.807, 2.05) is 0 Å². The number of piperidine rings is 1. The van der Waals surface area contributed by atoms with Gasteiger partial charge in [0, 0.05) is 25.7 Å². The van der Waals surface area contributed by atoms with Crippen LogP contribution in [0.15, 0.2) is 24.3 Å². The molecule has 3 nitrogen and oxygen atoms in total. The van der Waals surface area contributed by atoms with Gasteiger partial charge in [0.2, 0.25) is 0 Å². The van der Waals surface area contributed by atoms with Crippen LogP contribution in [0.1, 0.15) is 30.5 Å². The Hall–Kier alpha value is -0.900. The minimum absolute atomic E-state index is 0.155. The summed E-state index contributed by atoms with van der Waals surface area (Å²) in [6.45, 7) is 6.70. The molecule has 3 atom stereocenters. The summed E-state index contributed by atoms with van der Waals surface area (Å²) in [6.07, 6.45) is 0.696. The van der Waals surface area contributed by atoms with Crippen LogP contribution in [0.5, 0.6) is 0 Å². The van der Waals surface area contributed by atoms with Gasteiger partial charge in [0.1, 0.15) is 0 Å². The van der Waals surface area contributed by atoms with Crippen LogP contribution in [-0.2, 0) is 0 Å². The average Bonchev–Trinajstić information content (AvgIpc) is 2.37. The maximum absolute atomic E-state index is 9.80. The van der Waals surface area contributed by atoms with Gasteiger partial charge in [0.25, 0.3) is 0 Å². The Labute approximate surface area is 110 Å². The highest BCUT2D eigenvalue weighted by Crippen LogP contribution is 2.26. The van der Waals surface area contributed by atoms with Crippen molar-refractivity contribution in [1.29, 1.82) is 0 Å². The number of likely N-dealkylation sites (tertiary alicyclic amines) is 1. The van der Waals surface area contributed by atoms with Crippen molar-refractivity contribution >= 4 is 0 Å². The molecule has 0 radical (unpaired) electrons. The van der Waals surface area contributed by atoms with E-state index in [-0.39, 0.29) is 12.1 Å². The summed E-state index contributed by atoms with van der Waals surface area (Å²) in [5.74, 6) is 0.332. The summed E-state index contributed by atoms with van der Waals surface area (Å²) in [5.41, 5.74) is 8.51. The van der Waals surface area contributed by atoms with E-state index >= 15 is 0 Å². The number of aliphatic hydroxyl groups is 1. The second-order valence-corrected chi connectivity index (χ2v) is 5.49. The number of hydrogen-bond donors (Lipinski definition) is 2. The molecule has 0 spiro atoms. The maximum Gasteiger partial charge on any atom is 0.0590 e. The maximum atomic E-state index is 9.80. The van der Waals surface area contributed by atoms with E-state index in [1.54, 1.807) is 0 Å². The molecular weight excluding hydrogens is 224 g/mol. The summed E-state index contributed by atoms with van der Waals surface area (Å²) in [7, 11) is 0. The standard InChI is InChI=1S/C15H24N2O/c1-11-3-5-13(6-4-11)14(9-16)17-8-7-15(18)12(2)10-17/h3-6,12,14-15,18H,7-10,16H2,1-2H3. The zero-order valence-electron chi connectivity index (χ0n) is 11.3. The van der Waals surface area contributed by atoms with Gasteiger partial charge >= 0.3 is 0 Å². The van der Waals surface area contributed by atoms with Crippen LogP contribution >= 0.6 is 0 Å². The van der Waals surface area contributed by atoms with Crippen LogP contribution < -0.4 is 5.73 Å². The van der Waals surface area contributed by atoms with Crippen LogP contribution in [-0.4, -0.2) is 35.7 Å². The average molecular weight is 248 g/mol. The fraction of sp³-hybridized carbons (Fsp3) is 0.600. The van der Waals surface area contributed by atoms with Gasteiger partial charge in [-0.25, -0.2) is 0 Å². The van der Waals surface area contributed by atoms with E-state index in [9.17, 15) is 5.11 Å². The van der Waals surface area contributed by atoms with Gasteiger partial charge in [0.15, 0.2) is 0 Å². The van der Waals surface area contributed by atoms with Crippen molar-refractivity contribution in [1.82, 2.24) is 4.90 Å². The minimum atomic E-state index is -0.155. The van der Waals surface area contributed by atoms with E-state index in [4.69, 9.17) is 5.73 Å². The fourth-order valence-corrected chi connectivity index (χ4v) is 2.73. The highest BCUT2D eigenvalue weighted by molar-refractivity contribution is 5.24. The van der Waals surface area contributed by atoms with Gasteiger partial charge in [-0.1, -0.05) is 36.8 Å². The number of rotatable bonds is 3. The zero-order valence-corrected chi connectivity index (χ0v) is 11.3. The third-order valence-electron chi connectivity index (χ3n) is 4.02. The van der Waals surface area contributed by atoms with E-state index in [1.165, 1.54) is 11.1 Å². The molecule has 0 aliphatic carbocycles. The number of benzene rings is 1. The first-order chi connectivity index (χ1) is 8.61. The smallest absolute Gasteiger partial charge is 0.0590 e. The van der Waals surface area contributed by atoms with Crippen LogP contribution in [0.25, 0.3) is 0 Å². The Balaban J connectivity index is 2.11. The highest BCUT2D eigenvalue weighted by Gasteiger charge is 2.28. The summed E-state index contributed by atoms with van der Waals surface area (Å²) in [6, 6.07) is 8.89. The summed E-state index contributed by atoms with van der Waals surface area (Å²) < 4.78 is 0. The van der Waals surface area contributed by atoms with Crippen LogP contribution in [0.2, 0.25) is 0 Å². The molecule has 0 aromatic heterocycles. The molecule has 3 unspecified atom stereocenters. The predicted molar refractivity (Wildman–Crippen MR) is 74.3 cm³/mol. The van der Waals surface area contributed by atoms with Gasteiger partial charge in [-0.2, -0.15) is 0 Å². The van der Waals surface area contributed by atoms with E-state index in [2.05, 4.69) is 43.0 Å². The Morgan fingerprint density at radius 3 is 2.61 bits per heavy atom. The third-order valence-corrected chi connectivity index (χ3v) is 4.02. The van der Waals surface area contributed by atoms with Gasteiger partial charge in [-0.3, -0.25) is 4.90 Å². The first kappa shape index (κ1) is 13.5. The lowest BCUT2D eigenvalue weighted by Crippen LogP contribution is -2.45. The Morgan fingerprint density at radius 2 is 2.06 bits per heavy atom. The molecule has 100 valence electrons. The van der Waals surface area contributed by atoms with Crippen molar-refractivity contribution in [3.63, 3.8) is 0 Å². The minimum Gasteiger partial charge on any atom is -0.393 e. The lowest BCUT2D eigenvalue weighted by atomic mass is 9.93. The van der Waals surface area contributed by atoms with Crippen molar-refractivity contribution in [2.45, 2.75) is 32.4 Å². The fourth-order valence-electron chi connectivity index (χ4n) is 2.73. The summed E-state index contributed by atoms with van der Waals surface area (Å²) >= 11 is 0. The molecule has 1 heterocycles. The summed E-state index contributed by atoms with van der Waals surface area (Å²) in [5, 5.41) is 9.80. The number of aliphatic hydroxyl groups excluding tert-OH is 1. The Bertz CT molecular complexity index is 377. The molecule has 1 aliphatic rings. The molecule has 0 amide bonds. The molecule has 1 aromatic carbocycles. The SMILES string of the molecule is Cc1ccc(C(CN)N2CCC(O)C(C)C2)cc1. The van der Waals surface area contributed by atoms with Gasteiger partial charge in [-0.15, -0.1) is 0 Å². The number of nitrogens with two attached hydrogens (primary N) is 1. The van der Waals surface area contributed by atoms with Crippen molar-refractivity contribution in [3.8, 4) is 0 Å². The molecular formula is C15H24N2O. The van der Waals surface area contributed by atoms with Crippen LogP contribution in [0.4, 0.5) is 0 Å². The molecule has 3 heteroatoms. The molecule has 2 rings (SSSR count). The van der Waals surface area contributed by atoms with E-state index in [0.29, 0.717) is 12.5 Å². The molecule has 18 heavy (non-hydrogen) atoms. The second kappa shape index (κ2) is 5.83. The molecule has 3 N–H and O–H groups in total. The number of aryl methyl sites for hydroxylation is 1. The Morgan fingerprint density at radius 1 is 1.39 bits per heavy atom. The molecule has 1 fully saturated rings. The topological polar surface area (TPSA) is 49.5 Å². The third kappa shape index (κ3) is 2.91. The normalized spacial score (nSPS) is 27.1. The van der Waals surface area contributed by atoms with Crippen molar-refractivity contribution in [2.75, 3.05) is 19.6 Å². The van der Waals surface area contributed by atoms with Crippen molar-refractivity contribution in [2.24, 2.45) is 11.7 Å². The van der Waals surface area contributed by atoms with E-state index < -0.39 is 0 Å². The van der Waals surface area contributed by atoms with E-state index in [0.717, 1.165) is 19.5 Å². The molecule has 0 bridgehead atoms. The second-order valence-electron chi connectivity index (χ2n) is 5.49. The van der Waals surface area contributed by atoms with Gasteiger partial charge < -0.3 is 10.8 Å². The lowest BCUT2D eigenvalue weighted by molar-refractivity contribution is 0.0181. The lowest BCUT2D eigenvalue weighted by Gasteiger charge is -2.39. The quantitative estimate of drug-likeness (QED) is 0.856. The largest absolute Gasteiger partial charge is 0.393 e. The zero-order chi connectivity index (χ0) is 13.1. The molecule has 0 saturated carbocycles. The van der Waals surface area contributed by atoms with Crippen molar-refractivity contribution in [3.05, 3.63) is 35.4 Å². The highest BCUT2D eigenvalue weighted by atomic mass is 16.3. The number of hydrogen-bond acceptors (Lipinski definition) is 3. The van der Waals surface area contributed by atoms with Crippen LogP contribution in [0.3, 0.4) is 0 Å². The van der Waals surface area contributed by atoms with Crippen LogP contribution in [0, 0.1) is 12.8 Å². The summed E-state index contributed by atoms with van der Waals surface area (Å²) in [4.78, 5) is 2.40. The molecule has 1 aromatic rings. The predicted octanol–water partition coefficient (Wildman–Crippen LogP) is 1.70. The van der Waals surface area contributed by atoms with Gasteiger partial charge in [-0.05, 0) is 24.8 Å². The first-order valence-electron chi connectivity index (χ1n) is 6.80. The first-order valence-corrected chi connectivity index (χ1v) is 6.80. The monoisotopic (exact) mass is 248 g/mol. The van der Waals surface area contributed by atoms with Gasteiger partial charge in [0.05, 0.1) is 6.10 Å². The number of nitrogens with zero attached hydrogens (tertiary/aromatic N) is 1. The van der Waals surface area contributed by atoms with Crippen molar-refractivity contribution < 1.29 is 5.11 Å². The molecule has 1 aliphatic heterocycles. The molecule has 1 saturated heterocycles.